The van der Waals surface area contributed by atoms with Crippen LogP contribution in [-0.2, 0) is 9.53 Å². The van der Waals surface area contributed by atoms with Crippen LogP contribution in [0.4, 0.5) is 0 Å². The predicted molar refractivity (Wildman–Crippen MR) is 94.0 cm³/mol. The molecule has 23 heavy (non-hydrogen) atoms. The van der Waals surface area contributed by atoms with Crippen LogP contribution in [0.2, 0.25) is 0 Å². The second-order valence-corrected chi connectivity index (χ2v) is 6.99. The van der Waals surface area contributed by atoms with Gasteiger partial charge in [-0.15, -0.1) is 22.7 Å². The molecule has 3 aromatic rings. The lowest BCUT2D eigenvalue weighted by atomic mass is 10.1. The van der Waals surface area contributed by atoms with Crippen LogP contribution in [0.1, 0.15) is 29.4 Å². The molecule has 0 saturated carbocycles. The Balaban J connectivity index is 1.91. The van der Waals surface area contributed by atoms with Gasteiger partial charge in [-0.25, -0.2) is 0 Å². The fraction of sp³-hybridized carbons (Fsp3) is 0.294. The first-order valence-corrected chi connectivity index (χ1v) is 9.00. The predicted octanol–water partition coefficient (Wildman–Crippen LogP) is 4.65. The molecule has 3 rings (SSSR count). The van der Waals surface area contributed by atoms with Gasteiger partial charge in [-0.3, -0.25) is 9.59 Å². The van der Waals surface area contributed by atoms with E-state index >= 15 is 0 Å². The van der Waals surface area contributed by atoms with E-state index in [-0.39, 0.29) is 24.6 Å². The first kappa shape index (κ1) is 16.0. The van der Waals surface area contributed by atoms with Gasteiger partial charge in [0.1, 0.15) is 5.75 Å². The highest BCUT2D eigenvalue weighted by atomic mass is 32.1. The summed E-state index contributed by atoms with van der Waals surface area (Å²) in [6.45, 7) is 2.09. The van der Waals surface area contributed by atoms with Crippen molar-refractivity contribution in [3.8, 4) is 5.75 Å². The number of carbonyl (C=O) groups excluding carboxylic acids is 2. The largest absolute Gasteiger partial charge is 0.495 e. The third-order valence-corrected chi connectivity index (χ3v) is 5.61. The second kappa shape index (κ2) is 6.68. The molecule has 0 radical (unpaired) electrons. The van der Waals surface area contributed by atoms with Crippen molar-refractivity contribution in [1.82, 2.24) is 0 Å². The maximum Gasteiger partial charge on any atom is 0.306 e. The van der Waals surface area contributed by atoms with Gasteiger partial charge >= 0.3 is 5.97 Å². The average molecular weight is 348 g/mol. The zero-order valence-electron chi connectivity index (χ0n) is 12.9. The van der Waals surface area contributed by atoms with Gasteiger partial charge in [0.25, 0.3) is 0 Å². The minimum Gasteiger partial charge on any atom is -0.495 e. The average Bonchev–Trinajstić information content (AvgIpc) is 3.17. The summed E-state index contributed by atoms with van der Waals surface area (Å²) in [6, 6.07) is 5.94. The lowest BCUT2D eigenvalue weighted by molar-refractivity contribution is -0.143. The highest BCUT2D eigenvalue weighted by Gasteiger charge is 2.16. The number of ether oxygens (including phenoxy) is 2. The van der Waals surface area contributed by atoms with E-state index in [9.17, 15) is 9.59 Å². The van der Waals surface area contributed by atoms with Crippen LogP contribution in [0, 0.1) is 0 Å². The zero-order valence-corrected chi connectivity index (χ0v) is 14.5. The molecule has 0 bridgehead atoms. The Hall–Kier alpha value is -1.92. The number of fused-ring (bicyclic) bond motifs is 3. The highest BCUT2D eigenvalue weighted by molar-refractivity contribution is 7.21. The summed E-state index contributed by atoms with van der Waals surface area (Å²) in [7, 11) is 1.65. The molecule has 2 heterocycles. The number of hydrogen-bond acceptors (Lipinski definition) is 6. The van der Waals surface area contributed by atoms with E-state index in [0.29, 0.717) is 11.5 Å². The maximum absolute atomic E-state index is 12.3. The number of thiophene rings is 2. The molecular weight excluding hydrogens is 332 g/mol. The van der Waals surface area contributed by atoms with Crippen molar-refractivity contribution in [3.05, 3.63) is 28.5 Å². The van der Waals surface area contributed by atoms with Crippen LogP contribution in [0.15, 0.2) is 23.6 Å². The van der Waals surface area contributed by atoms with E-state index in [2.05, 4.69) is 0 Å². The minimum absolute atomic E-state index is 0.0263. The third-order valence-electron chi connectivity index (χ3n) is 3.56. The van der Waals surface area contributed by atoms with Crippen LogP contribution in [-0.4, -0.2) is 25.5 Å². The molecule has 0 N–H and O–H groups in total. The Bertz CT molecular complexity index is 875. The molecule has 6 heteroatoms. The minimum atomic E-state index is -0.330. The normalized spacial score (nSPS) is 11.0. The van der Waals surface area contributed by atoms with Crippen molar-refractivity contribution in [2.75, 3.05) is 13.7 Å². The summed E-state index contributed by atoms with van der Waals surface area (Å²) in [6.07, 6.45) is 0.299. The number of ketones is 1. The highest BCUT2D eigenvalue weighted by Crippen LogP contribution is 2.40. The van der Waals surface area contributed by atoms with Crippen LogP contribution < -0.4 is 4.74 Å². The number of carbonyl (C=O) groups is 2. The number of methoxy groups -OCH3 is 1. The second-order valence-electron chi connectivity index (χ2n) is 4.99. The van der Waals surface area contributed by atoms with Crippen LogP contribution in [0.5, 0.6) is 5.75 Å². The van der Waals surface area contributed by atoms with E-state index in [1.807, 2.05) is 23.6 Å². The monoisotopic (exact) mass is 348 g/mol. The smallest absolute Gasteiger partial charge is 0.306 e. The van der Waals surface area contributed by atoms with E-state index < -0.39 is 0 Å². The quantitative estimate of drug-likeness (QED) is 0.480. The Morgan fingerprint density at radius 1 is 1.17 bits per heavy atom. The number of esters is 1. The topological polar surface area (TPSA) is 52.6 Å². The van der Waals surface area contributed by atoms with Gasteiger partial charge in [-0.05, 0) is 30.5 Å². The Morgan fingerprint density at radius 2 is 2.00 bits per heavy atom. The fourth-order valence-electron chi connectivity index (χ4n) is 2.48. The molecule has 4 nitrogen and oxygen atoms in total. The van der Waals surface area contributed by atoms with Crippen molar-refractivity contribution in [2.45, 2.75) is 19.8 Å². The number of Topliss-reactive ketones (excluding diaryl/α,β-unsaturated/α-hetero) is 1. The van der Waals surface area contributed by atoms with Crippen LogP contribution in [0.3, 0.4) is 0 Å². The molecule has 0 aliphatic heterocycles. The van der Waals surface area contributed by atoms with Gasteiger partial charge in [-0.1, -0.05) is 0 Å². The molecule has 120 valence electrons. The summed E-state index contributed by atoms with van der Waals surface area (Å²) >= 11 is 3.07. The van der Waals surface area contributed by atoms with Crippen LogP contribution in [0.25, 0.3) is 20.2 Å². The van der Waals surface area contributed by atoms with E-state index in [1.165, 1.54) is 11.3 Å². The standard InChI is InChI=1S/C17H16O4S2/c1-3-21-16(19)5-4-12(18)15-8-11-10-6-7-22-17(10)13(20-2)9-14(11)23-15/h6-9H,3-5H2,1-2H3. The van der Waals surface area contributed by atoms with Gasteiger partial charge in [0.05, 0.1) is 29.7 Å². The molecule has 0 amide bonds. The summed E-state index contributed by atoms with van der Waals surface area (Å²) in [5.41, 5.74) is 0. The number of rotatable bonds is 6. The molecular formula is C17H16O4S2. The Kier molecular flexibility index (Phi) is 4.63. The molecule has 2 aromatic heterocycles. The molecule has 0 aliphatic carbocycles. The van der Waals surface area contributed by atoms with Crippen molar-refractivity contribution in [1.29, 1.82) is 0 Å². The molecule has 0 unspecified atom stereocenters. The zero-order chi connectivity index (χ0) is 16.4. The van der Waals surface area contributed by atoms with E-state index in [4.69, 9.17) is 9.47 Å². The summed E-state index contributed by atoms with van der Waals surface area (Å²) in [4.78, 5) is 24.4. The first-order chi connectivity index (χ1) is 11.1. The molecule has 0 aliphatic rings. The lowest BCUT2D eigenvalue weighted by Gasteiger charge is -2.01. The van der Waals surface area contributed by atoms with E-state index in [1.54, 1.807) is 25.4 Å². The number of benzene rings is 1. The number of hydrogen-bond donors (Lipinski definition) is 0. The van der Waals surface area contributed by atoms with Crippen LogP contribution >= 0.6 is 22.7 Å². The molecule has 0 saturated heterocycles. The van der Waals surface area contributed by atoms with Gasteiger partial charge in [0, 0.05) is 21.9 Å². The van der Waals surface area contributed by atoms with Gasteiger partial charge in [0.2, 0.25) is 0 Å². The lowest BCUT2D eigenvalue weighted by Crippen LogP contribution is -2.07. The Morgan fingerprint density at radius 3 is 2.74 bits per heavy atom. The summed E-state index contributed by atoms with van der Waals surface area (Å²) in [5.74, 6) is 0.473. The van der Waals surface area contributed by atoms with Gasteiger partial charge in [-0.2, -0.15) is 0 Å². The molecule has 0 atom stereocenters. The van der Waals surface area contributed by atoms with Crippen molar-refractivity contribution in [2.24, 2.45) is 0 Å². The summed E-state index contributed by atoms with van der Waals surface area (Å²) in [5, 5.41) is 4.18. The van der Waals surface area contributed by atoms with Gasteiger partial charge in [0.15, 0.2) is 5.78 Å². The molecule has 1 aromatic carbocycles. The molecule has 0 spiro atoms. The van der Waals surface area contributed by atoms with E-state index in [0.717, 1.165) is 25.9 Å². The fourth-order valence-corrected chi connectivity index (χ4v) is 4.46. The summed E-state index contributed by atoms with van der Waals surface area (Å²) < 4.78 is 12.4. The molecule has 0 fully saturated rings. The third kappa shape index (κ3) is 3.09. The maximum atomic E-state index is 12.3. The Labute approximate surface area is 141 Å². The van der Waals surface area contributed by atoms with Crippen molar-refractivity contribution in [3.63, 3.8) is 0 Å². The van der Waals surface area contributed by atoms with Gasteiger partial charge < -0.3 is 9.47 Å². The van der Waals surface area contributed by atoms with Crippen molar-refractivity contribution >= 4 is 54.6 Å². The first-order valence-electron chi connectivity index (χ1n) is 7.30. The SMILES string of the molecule is CCOC(=O)CCC(=O)c1cc2c(cc(OC)c3sccc32)s1. The van der Waals surface area contributed by atoms with Crippen molar-refractivity contribution < 1.29 is 19.1 Å².